The molecule has 41 heavy (non-hydrogen) atoms. The predicted molar refractivity (Wildman–Crippen MR) is 165 cm³/mol. The zero-order valence-corrected chi connectivity index (χ0v) is 23.5. The van der Waals surface area contributed by atoms with Crippen molar-refractivity contribution in [2.24, 2.45) is 0 Å². The van der Waals surface area contributed by atoms with Crippen molar-refractivity contribution < 1.29 is 4.39 Å². The van der Waals surface area contributed by atoms with E-state index in [1.54, 1.807) is 0 Å². The summed E-state index contributed by atoms with van der Waals surface area (Å²) in [5, 5.41) is 3.76. The summed E-state index contributed by atoms with van der Waals surface area (Å²) >= 11 is 0. The van der Waals surface area contributed by atoms with Gasteiger partial charge in [-0.25, -0.2) is 9.37 Å². The topological polar surface area (TPSA) is 36.3 Å². The number of aromatic nitrogens is 2. The van der Waals surface area contributed by atoms with Gasteiger partial charge in [-0.2, -0.15) is 0 Å². The van der Waals surface area contributed by atoms with Gasteiger partial charge in [-0.1, -0.05) is 84.9 Å². The van der Waals surface area contributed by atoms with Gasteiger partial charge in [-0.05, 0) is 53.8 Å². The molecule has 4 aromatic carbocycles. The number of halogens is 1. The fourth-order valence-electron chi connectivity index (χ4n) is 5.78. The molecular weight excluding hydrogens is 509 g/mol. The first-order chi connectivity index (χ1) is 20.2. The summed E-state index contributed by atoms with van der Waals surface area (Å²) in [6.07, 6.45) is 2.16. The van der Waals surface area contributed by atoms with Gasteiger partial charge >= 0.3 is 0 Å². The van der Waals surface area contributed by atoms with E-state index in [2.05, 4.69) is 92.5 Å². The van der Waals surface area contributed by atoms with Gasteiger partial charge in [-0.15, -0.1) is 0 Å². The lowest BCUT2D eigenvalue weighted by Crippen LogP contribution is -2.42. The van der Waals surface area contributed by atoms with E-state index in [1.807, 2.05) is 24.3 Å². The average Bonchev–Trinajstić information content (AvgIpc) is 3.35. The van der Waals surface area contributed by atoms with Crippen LogP contribution in [0.2, 0.25) is 0 Å². The molecule has 5 aromatic rings. The van der Waals surface area contributed by atoms with Gasteiger partial charge in [0.1, 0.15) is 5.82 Å². The van der Waals surface area contributed by atoms with E-state index in [1.165, 1.54) is 23.3 Å². The molecule has 0 saturated carbocycles. The van der Waals surface area contributed by atoms with E-state index in [4.69, 9.17) is 4.98 Å². The molecule has 2 heterocycles. The van der Waals surface area contributed by atoms with E-state index in [9.17, 15) is 4.39 Å². The number of para-hydroxylation sites is 2. The lowest BCUT2D eigenvalue weighted by atomic mass is 10.1. The van der Waals surface area contributed by atoms with Crippen LogP contribution < -0.4 is 5.32 Å². The molecule has 210 valence electrons. The molecular formula is C35H38FN5. The monoisotopic (exact) mass is 547 g/mol. The third kappa shape index (κ3) is 7.20. The number of imidazole rings is 1. The van der Waals surface area contributed by atoms with Crippen LogP contribution in [0.5, 0.6) is 0 Å². The normalized spacial score (nSPS) is 14.6. The first-order valence-electron chi connectivity index (χ1n) is 14.7. The lowest BCUT2D eigenvalue weighted by molar-refractivity contribution is 0.168. The molecule has 1 fully saturated rings. The largest absolute Gasteiger partial charge is 0.353 e. The molecule has 0 bridgehead atoms. The van der Waals surface area contributed by atoms with Crippen molar-refractivity contribution in [2.45, 2.75) is 38.5 Å². The molecule has 0 atom stereocenters. The van der Waals surface area contributed by atoms with Crippen LogP contribution >= 0.6 is 0 Å². The van der Waals surface area contributed by atoms with Crippen molar-refractivity contribution in [3.8, 4) is 0 Å². The maximum Gasteiger partial charge on any atom is 0.204 e. The van der Waals surface area contributed by atoms with Crippen LogP contribution in [0.15, 0.2) is 109 Å². The van der Waals surface area contributed by atoms with E-state index >= 15 is 0 Å². The van der Waals surface area contributed by atoms with Crippen LogP contribution in [-0.4, -0.2) is 51.6 Å². The van der Waals surface area contributed by atoms with Gasteiger partial charge in [-0.3, -0.25) is 4.90 Å². The Morgan fingerprint density at radius 1 is 0.732 bits per heavy atom. The average molecular weight is 548 g/mol. The summed E-state index contributed by atoms with van der Waals surface area (Å²) in [4.78, 5) is 10.1. The Hall–Kier alpha value is -4.00. The van der Waals surface area contributed by atoms with E-state index in [0.717, 1.165) is 74.7 Å². The summed E-state index contributed by atoms with van der Waals surface area (Å²) in [6.45, 7) is 6.81. The molecule has 1 aliphatic rings. The summed E-state index contributed by atoms with van der Waals surface area (Å²) in [6, 6.07) is 36.9. The molecule has 6 rings (SSSR count). The molecule has 0 amide bonds. The fraction of sp³-hybridized carbons (Fsp3) is 0.286. The number of anilines is 1. The molecule has 6 heteroatoms. The molecule has 0 aliphatic carbocycles. The Morgan fingerprint density at radius 2 is 1.34 bits per heavy atom. The highest BCUT2D eigenvalue weighted by molar-refractivity contribution is 5.78. The number of piperidine rings is 1. The minimum Gasteiger partial charge on any atom is -0.353 e. The predicted octanol–water partition coefficient (Wildman–Crippen LogP) is 6.80. The Labute approximate surface area is 242 Å². The van der Waals surface area contributed by atoms with E-state index in [-0.39, 0.29) is 5.82 Å². The highest BCUT2D eigenvalue weighted by Crippen LogP contribution is 2.24. The molecule has 1 N–H and O–H groups in total. The summed E-state index contributed by atoms with van der Waals surface area (Å²) in [5.41, 5.74) is 5.84. The number of hydrogen-bond acceptors (Lipinski definition) is 4. The zero-order chi connectivity index (χ0) is 27.9. The number of hydrogen-bond donors (Lipinski definition) is 1. The Kier molecular flexibility index (Phi) is 8.69. The first kappa shape index (κ1) is 27.2. The van der Waals surface area contributed by atoms with Crippen LogP contribution in [0.25, 0.3) is 11.0 Å². The molecule has 1 aliphatic heterocycles. The molecule has 0 spiro atoms. The van der Waals surface area contributed by atoms with E-state index in [0.29, 0.717) is 12.6 Å². The van der Waals surface area contributed by atoms with Gasteiger partial charge in [0.15, 0.2) is 0 Å². The van der Waals surface area contributed by atoms with Crippen LogP contribution in [0.3, 0.4) is 0 Å². The van der Waals surface area contributed by atoms with Crippen molar-refractivity contribution in [3.63, 3.8) is 0 Å². The van der Waals surface area contributed by atoms with Crippen molar-refractivity contribution >= 4 is 17.0 Å². The Morgan fingerprint density at radius 3 is 2.00 bits per heavy atom. The minimum atomic E-state index is -0.211. The number of rotatable bonds is 11. The molecule has 0 radical (unpaired) electrons. The molecule has 0 unspecified atom stereocenters. The number of benzene rings is 4. The third-order valence-electron chi connectivity index (χ3n) is 8.06. The second-order valence-corrected chi connectivity index (χ2v) is 11.1. The van der Waals surface area contributed by atoms with E-state index < -0.39 is 0 Å². The van der Waals surface area contributed by atoms with Crippen LogP contribution in [0, 0.1) is 5.82 Å². The highest BCUT2D eigenvalue weighted by Gasteiger charge is 2.22. The number of fused-ring (bicyclic) bond motifs is 1. The SMILES string of the molecule is Fc1ccc(Cn2c(NC3CCN(CCN(Cc4ccccc4)Cc4ccccc4)CC3)nc3ccccc32)cc1. The number of likely N-dealkylation sites (tertiary alicyclic amines) is 1. The summed E-state index contributed by atoms with van der Waals surface area (Å²) in [5.74, 6) is 0.684. The van der Waals surface area contributed by atoms with Crippen molar-refractivity contribution in [2.75, 3.05) is 31.5 Å². The lowest BCUT2D eigenvalue weighted by Gasteiger charge is -2.34. The molecule has 5 nitrogen and oxygen atoms in total. The quantitative estimate of drug-likeness (QED) is 0.197. The first-order valence-corrected chi connectivity index (χ1v) is 14.7. The Bertz CT molecular complexity index is 1470. The smallest absolute Gasteiger partial charge is 0.204 e. The van der Waals surface area contributed by atoms with Gasteiger partial charge in [0.2, 0.25) is 5.95 Å². The minimum absolute atomic E-state index is 0.211. The number of nitrogens with zero attached hydrogens (tertiary/aromatic N) is 4. The van der Waals surface area contributed by atoms with Crippen LogP contribution in [0.1, 0.15) is 29.5 Å². The van der Waals surface area contributed by atoms with Crippen molar-refractivity contribution in [1.29, 1.82) is 0 Å². The molecule has 1 aromatic heterocycles. The Balaban J connectivity index is 1.07. The van der Waals surface area contributed by atoms with Gasteiger partial charge < -0.3 is 14.8 Å². The second kappa shape index (κ2) is 13.1. The van der Waals surface area contributed by atoms with Gasteiger partial charge in [0, 0.05) is 45.3 Å². The standard InChI is InChI=1S/C35H38FN5/c36-31-17-15-30(16-18-31)27-41-34-14-8-7-13-33(34)38-35(41)37-32-19-21-39(22-20-32)23-24-40(25-28-9-3-1-4-10-28)26-29-11-5-2-6-12-29/h1-18,32H,19-27H2,(H,37,38). The highest BCUT2D eigenvalue weighted by atomic mass is 19.1. The summed E-state index contributed by atoms with van der Waals surface area (Å²) in [7, 11) is 0. The fourth-order valence-corrected chi connectivity index (χ4v) is 5.78. The van der Waals surface area contributed by atoms with Crippen molar-refractivity contribution in [3.05, 3.63) is 132 Å². The summed E-state index contributed by atoms with van der Waals surface area (Å²) < 4.78 is 15.7. The number of nitrogens with one attached hydrogen (secondary N) is 1. The third-order valence-corrected chi connectivity index (χ3v) is 8.06. The maximum atomic E-state index is 13.5. The second-order valence-electron chi connectivity index (χ2n) is 11.1. The van der Waals surface area contributed by atoms with Crippen molar-refractivity contribution in [1.82, 2.24) is 19.4 Å². The van der Waals surface area contributed by atoms with Gasteiger partial charge in [0.25, 0.3) is 0 Å². The van der Waals surface area contributed by atoms with Gasteiger partial charge in [0.05, 0.1) is 17.6 Å². The maximum absolute atomic E-state index is 13.5. The van der Waals surface area contributed by atoms with Crippen LogP contribution in [-0.2, 0) is 19.6 Å². The zero-order valence-electron chi connectivity index (χ0n) is 23.5. The van der Waals surface area contributed by atoms with Crippen LogP contribution in [0.4, 0.5) is 10.3 Å². The molecule has 1 saturated heterocycles.